The van der Waals surface area contributed by atoms with Gasteiger partial charge < -0.3 is 41.0 Å². The Morgan fingerprint density at radius 2 is 1.59 bits per heavy atom. The normalized spacial score (nSPS) is 22.3. The molecule has 2 unspecified atom stereocenters. The van der Waals surface area contributed by atoms with Gasteiger partial charge in [-0.2, -0.15) is 0 Å². The van der Waals surface area contributed by atoms with Crippen molar-refractivity contribution in [3.8, 4) is 0 Å². The minimum Gasteiger partial charge on any atom is -0.370 e. The summed E-state index contributed by atoms with van der Waals surface area (Å²) in [6, 6.07) is 14.8. The number of H-pyrrole nitrogens is 1. The molecule has 22 nitrogen and oxygen atoms in total. The fraction of sp³-hybridized carbons (Fsp3) is 0.500. The molecule has 4 aliphatic rings. The van der Waals surface area contributed by atoms with Crippen LogP contribution in [0.15, 0.2) is 71.5 Å². The third-order valence-corrected chi connectivity index (χ3v) is 18.9. The van der Waals surface area contributed by atoms with E-state index >= 15 is 4.79 Å². The molecule has 8 amide bonds. The van der Waals surface area contributed by atoms with Crippen LogP contribution in [-0.2, 0) is 62.7 Å². The predicted octanol–water partition coefficient (Wildman–Crippen LogP) is 5.20. The highest BCUT2D eigenvalue weighted by Crippen LogP contribution is 2.46. The van der Waals surface area contributed by atoms with E-state index in [2.05, 4.69) is 40.1 Å². The third-order valence-electron chi connectivity index (χ3n) is 17.1. The first-order valence-corrected chi connectivity index (χ1v) is 31.0. The van der Waals surface area contributed by atoms with Crippen molar-refractivity contribution in [2.24, 2.45) is 24.6 Å². The van der Waals surface area contributed by atoms with E-state index in [1.54, 1.807) is 24.9 Å². The molecule has 23 heteroatoms. The number of carbonyl (C=O) groups is 9. The molecule has 1 aliphatic carbocycles. The molecule has 1 saturated carbocycles. The van der Waals surface area contributed by atoms with Gasteiger partial charge in [-0.25, -0.2) is 4.79 Å². The minimum atomic E-state index is -3.65. The van der Waals surface area contributed by atoms with Crippen LogP contribution in [0.5, 0.6) is 0 Å². The summed E-state index contributed by atoms with van der Waals surface area (Å²) in [5.74, 6) is -3.78. The fourth-order valence-electron chi connectivity index (χ4n) is 12.4. The van der Waals surface area contributed by atoms with E-state index in [0.29, 0.717) is 59.5 Å². The number of benzene rings is 3. The van der Waals surface area contributed by atoms with Crippen LogP contribution in [0.25, 0.3) is 21.9 Å². The molecule has 6 atom stereocenters. The number of fused-ring (bicyclic) bond motifs is 3. The van der Waals surface area contributed by atoms with Crippen molar-refractivity contribution in [1.82, 2.24) is 45.2 Å². The number of nitrogens with two attached hydrogens (primary N) is 1. The number of aryl methyl sites for hydroxylation is 2. The molecule has 5 heterocycles. The molecular weight excluding hydrogens is 1080 g/mol. The molecule has 7 N–H and O–H groups in total. The molecular formula is C60H75N10O12P. The molecule has 3 saturated heterocycles. The number of primary amides is 1. The lowest BCUT2D eigenvalue weighted by Gasteiger charge is -2.40. The summed E-state index contributed by atoms with van der Waals surface area (Å²) < 4.78 is 21.3. The van der Waals surface area contributed by atoms with Crippen molar-refractivity contribution >= 4 is 82.1 Å². The summed E-state index contributed by atoms with van der Waals surface area (Å²) >= 11 is 0. The first-order chi connectivity index (χ1) is 39.6. The summed E-state index contributed by atoms with van der Waals surface area (Å²) in [4.78, 5) is 142. The lowest BCUT2D eigenvalue weighted by atomic mass is 9.79. The van der Waals surface area contributed by atoms with E-state index in [9.17, 15) is 47.7 Å². The molecule has 9 rings (SSSR count). The van der Waals surface area contributed by atoms with Crippen LogP contribution >= 0.6 is 7.37 Å². The van der Waals surface area contributed by atoms with Crippen molar-refractivity contribution < 1.29 is 52.2 Å². The van der Waals surface area contributed by atoms with Crippen molar-refractivity contribution in [3.05, 3.63) is 105 Å². The molecule has 3 aliphatic heterocycles. The van der Waals surface area contributed by atoms with Gasteiger partial charge in [-0.1, -0.05) is 44.2 Å². The third kappa shape index (κ3) is 13.4. The van der Waals surface area contributed by atoms with Gasteiger partial charge in [0.2, 0.25) is 46.9 Å². The van der Waals surface area contributed by atoms with E-state index in [-0.39, 0.29) is 93.0 Å². The summed E-state index contributed by atoms with van der Waals surface area (Å²) in [6.07, 6.45) is 5.43. The number of carbonyl (C=O) groups excluding carboxylic acids is 9. The molecule has 0 radical (unpaired) electrons. The molecule has 5 aromatic rings. The Morgan fingerprint density at radius 3 is 2.29 bits per heavy atom. The van der Waals surface area contributed by atoms with Gasteiger partial charge in [-0.3, -0.25) is 62.2 Å². The Labute approximate surface area is 480 Å². The average molecular weight is 1160 g/mol. The molecule has 83 heavy (non-hydrogen) atoms. The molecule has 0 bridgehead atoms. The Kier molecular flexibility index (Phi) is 18.3. The second-order valence-corrected chi connectivity index (χ2v) is 25.4. The number of piperidine rings is 1. The van der Waals surface area contributed by atoms with Crippen LogP contribution < -0.4 is 32.7 Å². The zero-order valence-corrected chi connectivity index (χ0v) is 48.6. The number of hydrogen-bond donors (Lipinski definition) is 6. The number of aromatic nitrogens is 3. The first kappa shape index (κ1) is 59.9. The summed E-state index contributed by atoms with van der Waals surface area (Å²) in [6.45, 7) is 7.33. The monoisotopic (exact) mass is 1160 g/mol. The lowest BCUT2D eigenvalue weighted by Crippen LogP contribution is -2.62. The van der Waals surface area contributed by atoms with Gasteiger partial charge in [0.05, 0.1) is 17.6 Å². The maximum absolute atomic E-state index is 15.2. The number of aromatic amines is 1. The Morgan fingerprint density at radius 1 is 0.855 bits per heavy atom. The van der Waals surface area contributed by atoms with Crippen LogP contribution in [-0.4, -0.2) is 127 Å². The van der Waals surface area contributed by atoms with Gasteiger partial charge >= 0.3 is 5.69 Å². The second kappa shape index (κ2) is 25.4. The largest absolute Gasteiger partial charge is 0.370 e. The summed E-state index contributed by atoms with van der Waals surface area (Å²) in [7, 11) is -1.98. The fourth-order valence-corrected chi connectivity index (χ4v) is 13.6. The summed E-state index contributed by atoms with van der Waals surface area (Å²) in [5.41, 5.74) is 9.45. The van der Waals surface area contributed by atoms with E-state index in [1.807, 2.05) is 42.5 Å². The highest BCUT2D eigenvalue weighted by Gasteiger charge is 2.47. The highest BCUT2D eigenvalue weighted by atomic mass is 31.2. The second-order valence-electron chi connectivity index (χ2n) is 23.1. The molecule has 2 aromatic heterocycles. The number of imidazole rings is 1. The van der Waals surface area contributed by atoms with Gasteiger partial charge in [0.25, 0.3) is 13.3 Å². The Hall–Kier alpha value is -7.71. The summed E-state index contributed by atoms with van der Waals surface area (Å²) in [5, 5.41) is 11.4. The van der Waals surface area contributed by atoms with E-state index < -0.39 is 78.5 Å². The van der Waals surface area contributed by atoms with E-state index in [4.69, 9.17) is 10.3 Å². The number of nitrogens with zero attached hydrogens (tertiary/aromatic N) is 4. The number of nitrogens with one attached hydrogen (secondary N) is 5. The Bertz CT molecular complexity index is 3470. The van der Waals surface area contributed by atoms with Gasteiger partial charge in [-0.15, -0.1) is 0 Å². The predicted molar refractivity (Wildman–Crippen MR) is 309 cm³/mol. The van der Waals surface area contributed by atoms with Gasteiger partial charge in [0.1, 0.15) is 29.9 Å². The van der Waals surface area contributed by atoms with Crippen molar-refractivity contribution in [2.75, 3.05) is 26.4 Å². The molecule has 3 aromatic carbocycles. The van der Waals surface area contributed by atoms with Crippen LogP contribution in [0.3, 0.4) is 0 Å². The molecule has 4 fully saturated rings. The topological polar surface area (TPSA) is 303 Å². The van der Waals surface area contributed by atoms with Crippen LogP contribution in [0.2, 0.25) is 0 Å². The standard InChI is InChI=1S/C60H75N10O12P/c1-6-82-83(5,81)59(79)40-18-20-43-41(30-40)31-45(63-43)54(74)65-46-33-68(57(77)39-16-9-35(10-17-39)7-8-36-13-22-47-50(29-36)67(4)60(80)70(47)49-24-26-52(72)66-56(49)76)28-27-42-19-23-48(69(42)58(46)78)55(75)64-44(21-25-51(61)71)53(73)62-32-37-11-14-38(15-12-37)34(2)3/h11-15,18,20,22,29-31,34-35,39,42,44,46,48-49,63H,6-10,16-17,19,21,23-28,32-33H2,1-5H3,(H2,61,71)(H,62,73)(H,64,75)(H,65,74)(H,66,72,76)/t35?,39?,42-,44+,46+,48+,49?,83?/m1/s1. The van der Waals surface area contributed by atoms with Gasteiger partial charge in [-0.05, 0) is 142 Å². The maximum atomic E-state index is 15.2. The number of imide groups is 1. The molecule has 442 valence electrons. The average Bonchev–Trinajstić information content (AvgIpc) is 4.07. The lowest BCUT2D eigenvalue weighted by molar-refractivity contribution is -0.147. The SMILES string of the molecule is CCOP(C)(=O)C(=O)c1ccc2[nH]c(C(=O)N[C@H]3CN(C(=O)C4CCC(CCc5ccc6c(c5)n(C)c(=O)n6C5CCC(=O)NC5=O)CC4)CC[C@H]4CC[C@@H](C(=O)N[C@@H](CCC(N)=O)C(=O)NCc5ccc(C(C)C)cc5)N4C3=O)cc2c1. The van der Waals surface area contributed by atoms with Crippen molar-refractivity contribution in [1.29, 1.82) is 0 Å². The van der Waals surface area contributed by atoms with Crippen molar-refractivity contribution in [2.45, 2.75) is 147 Å². The van der Waals surface area contributed by atoms with Crippen LogP contribution in [0, 0.1) is 11.8 Å². The van der Waals surface area contributed by atoms with Gasteiger partial charge in [0.15, 0.2) is 0 Å². The number of amides is 8. The number of hydrogen-bond acceptors (Lipinski definition) is 12. The zero-order chi connectivity index (χ0) is 59.4. The zero-order valence-electron chi connectivity index (χ0n) is 47.7. The van der Waals surface area contributed by atoms with Crippen LogP contribution in [0.4, 0.5) is 0 Å². The first-order valence-electron chi connectivity index (χ1n) is 28.9. The van der Waals surface area contributed by atoms with E-state index in [1.165, 1.54) is 38.9 Å². The minimum absolute atomic E-state index is 0.0428. The molecule has 0 spiro atoms. The van der Waals surface area contributed by atoms with Crippen LogP contribution in [0.1, 0.15) is 147 Å². The van der Waals surface area contributed by atoms with E-state index in [0.717, 1.165) is 42.4 Å². The smallest absolute Gasteiger partial charge is 0.329 e. The Balaban J connectivity index is 0.896. The quantitative estimate of drug-likeness (QED) is 0.0433. The van der Waals surface area contributed by atoms with Crippen molar-refractivity contribution in [3.63, 3.8) is 0 Å². The maximum Gasteiger partial charge on any atom is 0.329 e. The van der Waals surface area contributed by atoms with Gasteiger partial charge in [0, 0.05) is 74.6 Å². The number of rotatable bonds is 20. The highest BCUT2D eigenvalue weighted by molar-refractivity contribution is 7.76.